The molecule has 0 aliphatic carbocycles. The lowest BCUT2D eigenvalue weighted by Gasteiger charge is -2.05. The second kappa shape index (κ2) is 5.45. The Morgan fingerprint density at radius 3 is 2.95 bits per heavy atom. The maximum absolute atomic E-state index is 4.68. The van der Waals surface area contributed by atoms with Gasteiger partial charge in [-0.2, -0.15) is 5.10 Å². The summed E-state index contributed by atoms with van der Waals surface area (Å²) in [6.07, 6.45) is 9.43. The van der Waals surface area contributed by atoms with Crippen LogP contribution in [0.5, 0.6) is 0 Å². The van der Waals surface area contributed by atoms with E-state index in [0.29, 0.717) is 0 Å². The largest absolute Gasteiger partial charge is 0.264 e. The molecular weight excluding hydrogens is 246 g/mol. The van der Waals surface area contributed by atoms with Crippen molar-refractivity contribution in [1.82, 2.24) is 14.8 Å². The molecule has 0 bridgehead atoms. The zero-order valence-corrected chi connectivity index (χ0v) is 12.0. The lowest BCUT2D eigenvalue weighted by atomic mass is 10.1. The van der Waals surface area contributed by atoms with E-state index >= 15 is 0 Å². The number of nitrogens with zero attached hydrogens (tertiary/aromatic N) is 3. The van der Waals surface area contributed by atoms with E-state index < -0.39 is 0 Å². The molecule has 0 saturated heterocycles. The summed E-state index contributed by atoms with van der Waals surface area (Å²) in [5.41, 5.74) is 3.60. The minimum absolute atomic E-state index is 1.11. The first kappa shape index (κ1) is 12.9. The Morgan fingerprint density at radius 1 is 1.20 bits per heavy atom. The smallest absolute Gasteiger partial charge is 0.0725 e. The van der Waals surface area contributed by atoms with Crippen molar-refractivity contribution in [2.75, 3.05) is 0 Å². The zero-order valence-electron chi connectivity index (χ0n) is 12.0. The van der Waals surface area contributed by atoms with Crippen LogP contribution >= 0.6 is 0 Å². The van der Waals surface area contributed by atoms with Crippen LogP contribution < -0.4 is 0 Å². The van der Waals surface area contributed by atoms with Crippen molar-refractivity contribution < 1.29 is 0 Å². The van der Waals surface area contributed by atoms with Gasteiger partial charge in [0.1, 0.15) is 0 Å². The van der Waals surface area contributed by atoms with Crippen LogP contribution in [0.15, 0.2) is 42.9 Å². The van der Waals surface area contributed by atoms with Crippen LogP contribution in [0.3, 0.4) is 0 Å². The molecule has 3 heteroatoms. The predicted octanol–water partition coefficient (Wildman–Crippen LogP) is 4.07. The van der Waals surface area contributed by atoms with Gasteiger partial charge in [0.25, 0.3) is 0 Å². The van der Waals surface area contributed by atoms with Crippen molar-refractivity contribution >= 4 is 10.8 Å². The van der Waals surface area contributed by atoms with Gasteiger partial charge < -0.3 is 0 Å². The first-order valence-electron chi connectivity index (χ1n) is 7.18. The Kier molecular flexibility index (Phi) is 3.50. The summed E-state index contributed by atoms with van der Waals surface area (Å²) in [4.78, 5) is 4.18. The fourth-order valence-corrected chi connectivity index (χ4v) is 2.54. The maximum Gasteiger partial charge on any atom is 0.0725 e. The Morgan fingerprint density at radius 2 is 2.10 bits per heavy atom. The van der Waals surface area contributed by atoms with E-state index in [2.05, 4.69) is 48.3 Å². The van der Waals surface area contributed by atoms with Gasteiger partial charge in [-0.05, 0) is 37.5 Å². The SMILES string of the molecule is CCCCc1cn(-c2cccc3cnccc23)nc1C. The number of pyridine rings is 1. The normalized spacial score (nSPS) is 11.1. The third kappa shape index (κ3) is 2.31. The molecule has 3 aromatic rings. The van der Waals surface area contributed by atoms with Crippen molar-refractivity contribution in [2.45, 2.75) is 33.1 Å². The van der Waals surface area contributed by atoms with Gasteiger partial charge in [-0.15, -0.1) is 0 Å². The number of rotatable bonds is 4. The fraction of sp³-hybridized carbons (Fsp3) is 0.294. The van der Waals surface area contributed by atoms with Gasteiger partial charge in [0, 0.05) is 29.4 Å². The molecule has 20 heavy (non-hydrogen) atoms. The minimum atomic E-state index is 1.11. The van der Waals surface area contributed by atoms with Crippen LogP contribution in [0.2, 0.25) is 0 Å². The van der Waals surface area contributed by atoms with Crippen LogP contribution in [0.4, 0.5) is 0 Å². The molecule has 1 aromatic carbocycles. The molecule has 3 nitrogen and oxygen atoms in total. The maximum atomic E-state index is 4.68. The van der Waals surface area contributed by atoms with Crippen LogP contribution in [-0.4, -0.2) is 14.8 Å². The van der Waals surface area contributed by atoms with E-state index in [1.165, 1.54) is 23.8 Å². The quantitative estimate of drug-likeness (QED) is 0.712. The van der Waals surface area contributed by atoms with Gasteiger partial charge >= 0.3 is 0 Å². The molecule has 2 heterocycles. The molecule has 0 fully saturated rings. The first-order valence-corrected chi connectivity index (χ1v) is 7.18. The highest BCUT2D eigenvalue weighted by Gasteiger charge is 2.08. The monoisotopic (exact) mass is 265 g/mol. The van der Waals surface area contributed by atoms with E-state index in [1.54, 1.807) is 0 Å². The number of unbranched alkanes of at least 4 members (excludes halogenated alkanes) is 1. The lowest BCUT2D eigenvalue weighted by Crippen LogP contribution is -1.96. The summed E-state index contributed by atoms with van der Waals surface area (Å²) in [6.45, 7) is 4.31. The molecule has 0 aliphatic rings. The highest BCUT2D eigenvalue weighted by molar-refractivity contribution is 5.89. The molecule has 0 saturated carbocycles. The van der Waals surface area contributed by atoms with Gasteiger partial charge in [0.15, 0.2) is 0 Å². The van der Waals surface area contributed by atoms with Crippen molar-refractivity contribution in [3.05, 3.63) is 54.1 Å². The van der Waals surface area contributed by atoms with E-state index in [0.717, 1.165) is 23.2 Å². The van der Waals surface area contributed by atoms with E-state index in [9.17, 15) is 0 Å². The second-order valence-electron chi connectivity index (χ2n) is 5.16. The third-order valence-corrected chi connectivity index (χ3v) is 3.70. The van der Waals surface area contributed by atoms with Crippen molar-refractivity contribution in [1.29, 1.82) is 0 Å². The Bertz CT molecular complexity index is 723. The Hall–Kier alpha value is -2.16. The molecular formula is C17H19N3. The molecule has 0 amide bonds. The number of aromatic nitrogens is 3. The second-order valence-corrected chi connectivity index (χ2v) is 5.16. The molecule has 2 aromatic heterocycles. The van der Waals surface area contributed by atoms with Gasteiger partial charge in [0.2, 0.25) is 0 Å². The van der Waals surface area contributed by atoms with Crippen LogP contribution in [-0.2, 0) is 6.42 Å². The minimum Gasteiger partial charge on any atom is -0.264 e. The predicted molar refractivity (Wildman–Crippen MR) is 82.2 cm³/mol. The highest BCUT2D eigenvalue weighted by atomic mass is 15.3. The van der Waals surface area contributed by atoms with Crippen LogP contribution in [0.1, 0.15) is 31.0 Å². The number of benzene rings is 1. The van der Waals surface area contributed by atoms with E-state index in [4.69, 9.17) is 0 Å². The number of fused-ring (bicyclic) bond motifs is 1. The van der Waals surface area contributed by atoms with Crippen molar-refractivity contribution in [3.8, 4) is 5.69 Å². The average Bonchev–Trinajstić information content (AvgIpc) is 2.85. The van der Waals surface area contributed by atoms with Gasteiger partial charge in [0.05, 0.1) is 11.4 Å². The van der Waals surface area contributed by atoms with Crippen molar-refractivity contribution in [3.63, 3.8) is 0 Å². The topological polar surface area (TPSA) is 30.7 Å². The molecule has 0 atom stereocenters. The molecule has 3 rings (SSSR count). The molecule has 102 valence electrons. The van der Waals surface area contributed by atoms with Gasteiger partial charge in [-0.25, -0.2) is 4.68 Å². The standard InChI is InChI=1S/C17H19N3/c1-3-4-6-15-12-20(19-13(15)2)17-8-5-7-14-11-18-10-9-16(14)17/h5,7-12H,3-4,6H2,1-2H3. The first-order chi connectivity index (χ1) is 9.79. The average molecular weight is 265 g/mol. The lowest BCUT2D eigenvalue weighted by molar-refractivity contribution is 0.791. The van der Waals surface area contributed by atoms with E-state index in [-0.39, 0.29) is 0 Å². The van der Waals surface area contributed by atoms with E-state index in [1.807, 2.05) is 23.1 Å². The summed E-state index contributed by atoms with van der Waals surface area (Å²) in [7, 11) is 0. The molecule has 0 unspecified atom stereocenters. The molecule has 0 aliphatic heterocycles. The van der Waals surface area contributed by atoms with Crippen molar-refractivity contribution in [2.24, 2.45) is 0 Å². The number of hydrogen-bond acceptors (Lipinski definition) is 2. The zero-order chi connectivity index (χ0) is 13.9. The van der Waals surface area contributed by atoms with Crippen LogP contribution in [0, 0.1) is 6.92 Å². The summed E-state index contributed by atoms with van der Waals surface area (Å²) in [6, 6.07) is 8.30. The van der Waals surface area contributed by atoms with Gasteiger partial charge in [-0.3, -0.25) is 4.98 Å². The fourth-order valence-electron chi connectivity index (χ4n) is 2.54. The number of aryl methyl sites for hydroxylation is 2. The Balaban J connectivity index is 2.07. The third-order valence-electron chi connectivity index (χ3n) is 3.70. The summed E-state index contributed by atoms with van der Waals surface area (Å²) >= 11 is 0. The number of hydrogen-bond donors (Lipinski definition) is 0. The van der Waals surface area contributed by atoms with Crippen LogP contribution in [0.25, 0.3) is 16.5 Å². The summed E-state index contributed by atoms with van der Waals surface area (Å²) < 4.78 is 2.00. The molecule has 0 radical (unpaired) electrons. The highest BCUT2D eigenvalue weighted by Crippen LogP contribution is 2.22. The Labute approximate surface area is 119 Å². The van der Waals surface area contributed by atoms with Gasteiger partial charge in [-0.1, -0.05) is 25.5 Å². The molecule has 0 N–H and O–H groups in total. The molecule has 0 spiro atoms. The summed E-state index contributed by atoms with van der Waals surface area (Å²) in [5, 5.41) is 7.01. The summed E-state index contributed by atoms with van der Waals surface area (Å²) in [5.74, 6) is 0.